The van der Waals surface area contributed by atoms with E-state index >= 15 is 0 Å². The van der Waals surface area contributed by atoms with Gasteiger partial charge in [0, 0.05) is 12.1 Å². The third kappa shape index (κ3) is 0.896. The molecule has 0 bridgehead atoms. The molecule has 0 unspecified atom stereocenters. The number of fused-ring (bicyclic) bond motifs is 1. The van der Waals surface area contributed by atoms with E-state index in [1.807, 2.05) is 0 Å². The fourth-order valence-corrected chi connectivity index (χ4v) is 2.12. The Labute approximate surface area is 72.8 Å². The summed E-state index contributed by atoms with van der Waals surface area (Å²) in [5.74, 6) is 0. The second-order valence-corrected chi connectivity index (χ2v) is 4.08. The Kier molecular flexibility index (Phi) is 1.17. The van der Waals surface area contributed by atoms with Crippen LogP contribution in [0.3, 0.4) is 0 Å². The maximum Gasteiger partial charge on any atom is 0.0226 e. The van der Waals surface area contributed by atoms with Gasteiger partial charge in [-0.2, -0.15) is 0 Å². The van der Waals surface area contributed by atoms with E-state index in [1.165, 1.54) is 24.8 Å². The molecule has 1 heterocycles. The number of rotatable bonds is 0. The van der Waals surface area contributed by atoms with Crippen molar-refractivity contribution in [3.63, 3.8) is 0 Å². The van der Waals surface area contributed by atoms with Crippen molar-refractivity contribution in [2.45, 2.75) is 31.3 Å². The van der Waals surface area contributed by atoms with Crippen molar-refractivity contribution in [1.82, 2.24) is 5.32 Å². The van der Waals surface area contributed by atoms with Gasteiger partial charge >= 0.3 is 0 Å². The number of nitrogens with one attached hydrogen (secondary N) is 1. The van der Waals surface area contributed by atoms with E-state index < -0.39 is 0 Å². The molecule has 1 fully saturated rings. The highest BCUT2D eigenvalue weighted by Crippen LogP contribution is 2.41. The summed E-state index contributed by atoms with van der Waals surface area (Å²) in [4.78, 5) is 0. The summed E-state index contributed by atoms with van der Waals surface area (Å²) < 4.78 is 0. The highest BCUT2D eigenvalue weighted by molar-refractivity contribution is 5.33. The van der Waals surface area contributed by atoms with E-state index in [2.05, 4.69) is 29.6 Å². The largest absolute Gasteiger partial charge is 0.307 e. The van der Waals surface area contributed by atoms with Crippen LogP contribution in [0.15, 0.2) is 24.3 Å². The lowest BCUT2D eigenvalue weighted by Gasteiger charge is -2.25. The highest BCUT2D eigenvalue weighted by atomic mass is 15.0. The zero-order valence-electron chi connectivity index (χ0n) is 7.14. The Morgan fingerprint density at radius 2 is 1.83 bits per heavy atom. The van der Waals surface area contributed by atoms with Crippen LogP contribution in [0.4, 0.5) is 0 Å². The topological polar surface area (TPSA) is 12.0 Å². The van der Waals surface area contributed by atoms with Gasteiger partial charge in [-0.3, -0.25) is 0 Å². The summed E-state index contributed by atoms with van der Waals surface area (Å²) in [6, 6.07) is 8.79. The van der Waals surface area contributed by atoms with Crippen LogP contribution < -0.4 is 5.32 Å². The minimum absolute atomic E-state index is 0.522. The van der Waals surface area contributed by atoms with Gasteiger partial charge in [-0.1, -0.05) is 24.3 Å². The Hall–Kier alpha value is -0.820. The molecule has 0 atom stereocenters. The summed E-state index contributed by atoms with van der Waals surface area (Å²) in [5.41, 5.74) is 3.58. The summed E-state index contributed by atoms with van der Waals surface area (Å²) in [6.45, 7) is 1.08. The SMILES string of the molecule is c1ccc2c(c1)CNC1(CC1)C2. The molecule has 1 spiro atoms. The predicted molar refractivity (Wildman–Crippen MR) is 49.0 cm³/mol. The minimum atomic E-state index is 0.522. The van der Waals surface area contributed by atoms with Gasteiger partial charge in [0.2, 0.25) is 0 Å². The molecular formula is C11H13N. The first-order valence-corrected chi connectivity index (χ1v) is 4.70. The third-order valence-electron chi connectivity index (χ3n) is 3.15. The molecule has 1 aliphatic heterocycles. The molecule has 1 saturated carbocycles. The number of benzene rings is 1. The van der Waals surface area contributed by atoms with E-state index in [4.69, 9.17) is 0 Å². The van der Waals surface area contributed by atoms with E-state index in [1.54, 1.807) is 5.56 Å². The van der Waals surface area contributed by atoms with Crippen molar-refractivity contribution in [2.24, 2.45) is 0 Å². The molecule has 0 radical (unpaired) electrons. The Bertz CT molecular complexity index is 313. The zero-order chi connectivity index (χ0) is 8.02. The highest BCUT2D eigenvalue weighted by Gasteiger charge is 2.44. The second kappa shape index (κ2) is 2.11. The Morgan fingerprint density at radius 3 is 2.58 bits per heavy atom. The van der Waals surface area contributed by atoms with E-state index in [0.29, 0.717) is 5.54 Å². The van der Waals surface area contributed by atoms with Gasteiger partial charge in [0.05, 0.1) is 0 Å². The van der Waals surface area contributed by atoms with Gasteiger partial charge < -0.3 is 5.32 Å². The fourth-order valence-electron chi connectivity index (χ4n) is 2.12. The molecule has 62 valence electrons. The summed E-state index contributed by atoms with van der Waals surface area (Å²) in [6.07, 6.45) is 4.01. The molecule has 1 aromatic rings. The van der Waals surface area contributed by atoms with E-state index in [9.17, 15) is 0 Å². The Balaban J connectivity index is 2.01. The van der Waals surface area contributed by atoms with Gasteiger partial charge in [0.15, 0.2) is 0 Å². The van der Waals surface area contributed by atoms with Crippen LogP contribution in [0.2, 0.25) is 0 Å². The molecule has 1 aliphatic carbocycles. The molecule has 12 heavy (non-hydrogen) atoms. The maximum absolute atomic E-state index is 3.63. The molecule has 1 N–H and O–H groups in total. The van der Waals surface area contributed by atoms with Gasteiger partial charge in [-0.25, -0.2) is 0 Å². The van der Waals surface area contributed by atoms with E-state index in [-0.39, 0.29) is 0 Å². The number of hydrogen-bond acceptors (Lipinski definition) is 1. The monoisotopic (exact) mass is 159 g/mol. The molecule has 0 amide bonds. The van der Waals surface area contributed by atoms with Gasteiger partial charge in [-0.05, 0) is 30.4 Å². The molecule has 3 rings (SSSR count). The molecule has 1 aromatic carbocycles. The van der Waals surface area contributed by atoms with Crippen LogP contribution in [0.5, 0.6) is 0 Å². The first kappa shape index (κ1) is 6.67. The number of hydrogen-bond donors (Lipinski definition) is 1. The summed E-state index contributed by atoms with van der Waals surface area (Å²) in [5, 5.41) is 3.63. The van der Waals surface area contributed by atoms with E-state index in [0.717, 1.165) is 6.54 Å². The normalized spacial score (nSPS) is 23.7. The van der Waals surface area contributed by atoms with Crippen molar-refractivity contribution in [1.29, 1.82) is 0 Å². The van der Waals surface area contributed by atoms with Crippen molar-refractivity contribution in [3.05, 3.63) is 35.4 Å². The van der Waals surface area contributed by atoms with Crippen molar-refractivity contribution < 1.29 is 0 Å². The van der Waals surface area contributed by atoms with Gasteiger partial charge in [0.25, 0.3) is 0 Å². The second-order valence-electron chi connectivity index (χ2n) is 4.08. The summed E-state index contributed by atoms with van der Waals surface area (Å²) >= 11 is 0. The van der Waals surface area contributed by atoms with Crippen LogP contribution in [0.1, 0.15) is 24.0 Å². The van der Waals surface area contributed by atoms with Gasteiger partial charge in [-0.15, -0.1) is 0 Å². The van der Waals surface area contributed by atoms with Crippen molar-refractivity contribution >= 4 is 0 Å². The van der Waals surface area contributed by atoms with Crippen LogP contribution in [0, 0.1) is 0 Å². The first-order chi connectivity index (χ1) is 5.88. The quantitative estimate of drug-likeness (QED) is 0.609. The maximum atomic E-state index is 3.63. The van der Waals surface area contributed by atoms with Crippen LogP contribution in [-0.2, 0) is 13.0 Å². The summed E-state index contributed by atoms with van der Waals surface area (Å²) in [7, 11) is 0. The lowest BCUT2D eigenvalue weighted by atomic mass is 9.94. The van der Waals surface area contributed by atoms with Crippen molar-refractivity contribution in [2.75, 3.05) is 0 Å². The molecular weight excluding hydrogens is 146 g/mol. The average molecular weight is 159 g/mol. The Morgan fingerprint density at radius 1 is 1.08 bits per heavy atom. The third-order valence-corrected chi connectivity index (χ3v) is 3.15. The minimum Gasteiger partial charge on any atom is -0.307 e. The zero-order valence-corrected chi connectivity index (χ0v) is 7.14. The standard InChI is InChI=1S/C11H13N/c1-2-4-10-8-12-11(5-6-11)7-9(10)3-1/h1-4,12H,5-8H2. The molecule has 1 nitrogen and oxygen atoms in total. The molecule has 1 heteroatoms. The van der Waals surface area contributed by atoms with Gasteiger partial charge in [0.1, 0.15) is 0 Å². The molecule has 0 saturated heterocycles. The smallest absolute Gasteiger partial charge is 0.0226 e. The van der Waals surface area contributed by atoms with Crippen molar-refractivity contribution in [3.8, 4) is 0 Å². The lowest BCUT2D eigenvalue weighted by Crippen LogP contribution is -2.37. The predicted octanol–water partition coefficient (Wildman–Crippen LogP) is 1.86. The van der Waals surface area contributed by atoms with Crippen LogP contribution in [-0.4, -0.2) is 5.54 Å². The lowest BCUT2D eigenvalue weighted by molar-refractivity contribution is 0.464. The molecule has 0 aromatic heterocycles. The first-order valence-electron chi connectivity index (χ1n) is 4.70. The molecule has 2 aliphatic rings. The fraction of sp³-hybridized carbons (Fsp3) is 0.455. The van der Waals surface area contributed by atoms with Crippen LogP contribution >= 0.6 is 0 Å². The van der Waals surface area contributed by atoms with Crippen LogP contribution in [0.25, 0.3) is 0 Å². The average Bonchev–Trinajstić information content (AvgIpc) is 2.85.